The molecular formula is C36H52N6OS2. The quantitative estimate of drug-likeness (QED) is 0.372. The maximum Gasteiger partial charge on any atom is 0.224 e. The second kappa shape index (κ2) is 14.8. The lowest BCUT2D eigenvalue weighted by Gasteiger charge is -2.41. The van der Waals surface area contributed by atoms with Gasteiger partial charge in [-0.1, -0.05) is 27.0 Å². The number of likely N-dealkylation sites (N-methyl/N-ethyl adjacent to an activating group) is 2. The Morgan fingerprint density at radius 2 is 1.24 bits per heavy atom. The zero-order chi connectivity index (χ0) is 31.0. The number of amides is 1. The highest BCUT2D eigenvalue weighted by molar-refractivity contribution is 8.00. The molecule has 4 aliphatic rings. The Morgan fingerprint density at radius 3 is 1.82 bits per heavy atom. The topological polar surface area (TPSA) is 45.3 Å². The molecule has 2 heterocycles. The Bertz CT molecular complexity index is 1490. The van der Waals surface area contributed by atoms with Crippen LogP contribution < -0.4 is 20.0 Å². The molecule has 0 aromatic heterocycles. The van der Waals surface area contributed by atoms with Crippen molar-refractivity contribution in [1.82, 2.24) is 9.80 Å². The maximum absolute atomic E-state index is 12.3. The van der Waals surface area contributed by atoms with Crippen molar-refractivity contribution < 1.29 is 4.79 Å². The second-order valence-corrected chi connectivity index (χ2v) is 14.5. The van der Waals surface area contributed by atoms with E-state index in [-0.39, 0.29) is 32.1 Å². The molecule has 7 nitrogen and oxygen atoms in total. The molecule has 2 aliphatic heterocycles. The molecule has 4 unspecified atom stereocenters. The summed E-state index contributed by atoms with van der Waals surface area (Å²) in [5.74, 6) is 0.0884. The first-order valence-corrected chi connectivity index (χ1v) is 16.4. The van der Waals surface area contributed by atoms with Crippen LogP contribution >= 0.6 is 23.5 Å². The fourth-order valence-electron chi connectivity index (χ4n) is 5.53. The lowest BCUT2D eigenvalue weighted by molar-refractivity contribution is -0.116. The average Bonchev–Trinajstić information content (AvgIpc) is 2.97. The van der Waals surface area contributed by atoms with Gasteiger partial charge in [-0.25, -0.2) is 0 Å². The van der Waals surface area contributed by atoms with Crippen molar-refractivity contribution in [1.29, 1.82) is 0 Å². The number of nitrogens with zero attached hydrogens (tertiary/aromatic N) is 5. The smallest absolute Gasteiger partial charge is 0.224 e. The summed E-state index contributed by atoms with van der Waals surface area (Å²) in [5, 5.41) is 4.34. The summed E-state index contributed by atoms with van der Waals surface area (Å²) in [5.41, 5.74) is 7.14. The van der Waals surface area contributed by atoms with E-state index in [0.717, 1.165) is 16.3 Å². The van der Waals surface area contributed by atoms with Gasteiger partial charge in [0.1, 0.15) is 0 Å². The molecule has 9 heteroatoms. The molecule has 2 aromatic rings. The summed E-state index contributed by atoms with van der Waals surface area (Å²) < 4.78 is 0. The van der Waals surface area contributed by atoms with E-state index in [1.807, 2.05) is 56.6 Å². The van der Waals surface area contributed by atoms with Crippen LogP contribution in [0, 0.1) is 0 Å². The molecular weight excluding hydrogens is 597 g/mol. The Hall–Kier alpha value is -3.43. The standard InChI is InChI=1S/C18H23N3OS.C16H21N3S.2CH4/c1-12(22)21-15-8-6-13(19(2)3)10-17(15)23-18-11-14(20(4)5)7-9-16(18)21;1-18(2)11-5-7-13-15(9-11)20-16-10-12(19(3)4)6-8-14(16)17-13;;/h6-11,15,17H,1-5H3;5-10,13,15,17H,1-4H3;2*1H4. The Labute approximate surface area is 280 Å². The van der Waals surface area contributed by atoms with E-state index in [1.54, 1.807) is 6.92 Å². The van der Waals surface area contributed by atoms with E-state index < -0.39 is 0 Å². The largest absolute Gasteiger partial charge is 0.378 e. The minimum Gasteiger partial charge on any atom is -0.378 e. The molecule has 0 radical (unpaired) electrons. The molecule has 0 fully saturated rings. The maximum atomic E-state index is 12.3. The van der Waals surface area contributed by atoms with Crippen molar-refractivity contribution >= 4 is 52.2 Å². The van der Waals surface area contributed by atoms with E-state index in [2.05, 4.69) is 126 Å². The van der Waals surface area contributed by atoms with E-state index in [9.17, 15) is 4.79 Å². The van der Waals surface area contributed by atoms with Crippen LogP contribution in [0.5, 0.6) is 0 Å². The van der Waals surface area contributed by atoms with Crippen LogP contribution in [0.3, 0.4) is 0 Å². The number of hydrogen-bond donors (Lipinski definition) is 1. The molecule has 2 aliphatic carbocycles. The summed E-state index contributed by atoms with van der Waals surface area (Å²) in [6, 6.07) is 13.4. The van der Waals surface area contributed by atoms with Gasteiger partial charge in [0.25, 0.3) is 0 Å². The van der Waals surface area contributed by atoms with Gasteiger partial charge in [0.05, 0.1) is 28.3 Å². The minimum absolute atomic E-state index is 0. The fraction of sp³-hybridized carbons (Fsp3) is 0.417. The van der Waals surface area contributed by atoms with Crippen LogP contribution in [0.15, 0.2) is 94.0 Å². The highest BCUT2D eigenvalue weighted by Crippen LogP contribution is 2.46. The first-order chi connectivity index (χ1) is 20.4. The fourth-order valence-corrected chi connectivity index (χ4v) is 8.11. The number of allylic oxidation sites excluding steroid dienone is 2. The normalized spacial score (nSPS) is 21.7. The third kappa shape index (κ3) is 7.69. The number of carbonyl (C=O) groups is 1. The van der Waals surface area contributed by atoms with E-state index in [4.69, 9.17) is 0 Å². The van der Waals surface area contributed by atoms with Crippen molar-refractivity contribution in [2.75, 3.05) is 76.4 Å². The highest BCUT2D eigenvalue weighted by atomic mass is 32.2. The predicted octanol–water partition coefficient (Wildman–Crippen LogP) is 7.26. The first kappa shape index (κ1) is 36.0. The Morgan fingerprint density at radius 1 is 0.711 bits per heavy atom. The van der Waals surface area contributed by atoms with Crippen molar-refractivity contribution in [2.45, 2.75) is 54.2 Å². The van der Waals surface area contributed by atoms with Gasteiger partial charge in [0.15, 0.2) is 0 Å². The molecule has 6 rings (SSSR count). The molecule has 1 amide bonds. The van der Waals surface area contributed by atoms with Gasteiger partial charge >= 0.3 is 0 Å². The monoisotopic (exact) mass is 648 g/mol. The summed E-state index contributed by atoms with van der Waals surface area (Å²) in [6.07, 6.45) is 13.3. The van der Waals surface area contributed by atoms with Crippen LogP contribution in [0.25, 0.3) is 0 Å². The van der Waals surface area contributed by atoms with Gasteiger partial charge in [0.2, 0.25) is 5.91 Å². The molecule has 45 heavy (non-hydrogen) atoms. The van der Waals surface area contributed by atoms with E-state index >= 15 is 0 Å². The second-order valence-electron chi connectivity index (χ2n) is 12.0. The van der Waals surface area contributed by atoms with Gasteiger partial charge in [0, 0.05) is 102 Å². The van der Waals surface area contributed by atoms with E-state index in [0.29, 0.717) is 11.3 Å². The molecule has 0 saturated carbocycles. The van der Waals surface area contributed by atoms with Crippen LogP contribution in [0.1, 0.15) is 21.8 Å². The highest BCUT2D eigenvalue weighted by Gasteiger charge is 2.36. The molecule has 0 spiro atoms. The Balaban J connectivity index is 0.000000237. The summed E-state index contributed by atoms with van der Waals surface area (Å²) in [6.45, 7) is 1.65. The number of thioether (sulfide) groups is 2. The van der Waals surface area contributed by atoms with Crippen LogP contribution in [0.4, 0.5) is 22.7 Å². The zero-order valence-electron chi connectivity index (χ0n) is 26.7. The third-order valence-corrected chi connectivity index (χ3v) is 10.6. The lowest BCUT2D eigenvalue weighted by Crippen LogP contribution is -2.47. The summed E-state index contributed by atoms with van der Waals surface area (Å²) in [4.78, 5) is 25.2. The molecule has 0 saturated heterocycles. The van der Waals surface area contributed by atoms with E-state index in [1.165, 1.54) is 27.7 Å². The number of carbonyl (C=O) groups excluding carboxylic acids is 1. The summed E-state index contributed by atoms with van der Waals surface area (Å²) in [7, 11) is 16.5. The van der Waals surface area contributed by atoms with Crippen molar-refractivity contribution in [2.24, 2.45) is 0 Å². The van der Waals surface area contributed by atoms with Gasteiger partial charge < -0.3 is 29.8 Å². The van der Waals surface area contributed by atoms with Gasteiger partial charge in [-0.05, 0) is 60.7 Å². The minimum atomic E-state index is 0. The number of benzene rings is 2. The molecule has 244 valence electrons. The van der Waals surface area contributed by atoms with Gasteiger partial charge in [-0.15, -0.1) is 23.5 Å². The molecule has 1 N–H and O–H groups in total. The van der Waals surface area contributed by atoms with Crippen molar-refractivity contribution in [3.63, 3.8) is 0 Å². The number of fused-ring (bicyclic) bond motifs is 4. The van der Waals surface area contributed by atoms with Crippen LogP contribution in [-0.4, -0.2) is 94.7 Å². The van der Waals surface area contributed by atoms with Crippen LogP contribution in [-0.2, 0) is 4.79 Å². The lowest BCUT2D eigenvalue weighted by atomic mass is 10.0. The summed E-state index contributed by atoms with van der Waals surface area (Å²) >= 11 is 3.79. The average molecular weight is 649 g/mol. The SMILES string of the molecule is C.C.CC(=O)N1c2ccc(N(C)C)cc2SC2C=C(N(C)C)C=CC21.CN(C)C1=CC2Sc3cc(N(C)C)ccc3NC2C=C1. The first-order valence-electron chi connectivity index (χ1n) is 14.6. The van der Waals surface area contributed by atoms with Crippen molar-refractivity contribution in [3.05, 3.63) is 84.2 Å². The number of rotatable bonds is 4. The molecule has 4 atom stereocenters. The van der Waals surface area contributed by atoms with Crippen molar-refractivity contribution in [3.8, 4) is 0 Å². The zero-order valence-corrected chi connectivity index (χ0v) is 28.3. The number of hydrogen-bond acceptors (Lipinski definition) is 8. The van der Waals surface area contributed by atoms with Gasteiger partial charge in [-0.2, -0.15) is 0 Å². The predicted molar refractivity (Wildman–Crippen MR) is 200 cm³/mol. The van der Waals surface area contributed by atoms with Gasteiger partial charge in [-0.3, -0.25) is 4.79 Å². The van der Waals surface area contributed by atoms with Crippen LogP contribution in [0.2, 0.25) is 0 Å². The molecule has 0 bridgehead atoms. The Kier molecular flexibility index (Phi) is 11.8. The number of anilines is 4. The third-order valence-electron chi connectivity index (χ3n) is 8.02. The number of nitrogens with one attached hydrogen (secondary N) is 1. The molecule has 2 aromatic carbocycles.